The number of piperidine rings is 1. The predicted molar refractivity (Wildman–Crippen MR) is 98.4 cm³/mol. The number of aliphatic hydroxyl groups is 1. The van der Waals surface area contributed by atoms with E-state index in [1.54, 1.807) is 0 Å². The molecule has 2 aliphatic heterocycles. The van der Waals surface area contributed by atoms with Crippen LogP contribution < -0.4 is 5.32 Å². The average Bonchev–Trinajstić information content (AvgIpc) is 3.12. The van der Waals surface area contributed by atoms with E-state index in [2.05, 4.69) is 52.7 Å². The van der Waals surface area contributed by atoms with Gasteiger partial charge < -0.3 is 10.4 Å². The first kappa shape index (κ1) is 15.7. The van der Waals surface area contributed by atoms with Crippen LogP contribution >= 0.6 is 0 Å². The van der Waals surface area contributed by atoms with Crippen molar-refractivity contribution < 1.29 is 5.11 Å². The fourth-order valence-electron chi connectivity index (χ4n) is 4.39. The lowest BCUT2D eigenvalue weighted by Gasteiger charge is -2.42. The highest BCUT2D eigenvalue weighted by Crippen LogP contribution is 2.35. The highest BCUT2D eigenvalue weighted by molar-refractivity contribution is 5.61. The Bertz CT molecular complexity index is 700. The monoisotopic (exact) mass is 322 g/mol. The summed E-state index contributed by atoms with van der Waals surface area (Å²) in [5.41, 5.74) is 5.34. The molecule has 0 radical (unpaired) electrons. The van der Waals surface area contributed by atoms with Gasteiger partial charge in [-0.2, -0.15) is 0 Å². The summed E-state index contributed by atoms with van der Waals surface area (Å²) in [5, 5.41) is 13.7. The molecule has 2 aromatic rings. The van der Waals surface area contributed by atoms with Gasteiger partial charge in [0, 0.05) is 30.7 Å². The minimum Gasteiger partial charge on any atom is -0.395 e. The number of hydrogen-bond acceptors (Lipinski definition) is 3. The predicted octanol–water partition coefficient (Wildman–Crippen LogP) is 3.18. The van der Waals surface area contributed by atoms with Gasteiger partial charge in [-0.1, -0.05) is 48.5 Å². The van der Waals surface area contributed by atoms with Crippen LogP contribution in [0.1, 0.15) is 29.5 Å². The summed E-state index contributed by atoms with van der Waals surface area (Å²) in [6.07, 6.45) is 3.33. The highest BCUT2D eigenvalue weighted by Gasteiger charge is 2.36. The zero-order valence-electron chi connectivity index (χ0n) is 14.2. The molecule has 126 valence electrons. The Labute approximate surface area is 144 Å². The van der Waals surface area contributed by atoms with Crippen molar-refractivity contribution in [2.24, 2.45) is 0 Å². The Morgan fingerprint density at radius 1 is 1.08 bits per heavy atom. The van der Waals surface area contributed by atoms with Crippen molar-refractivity contribution in [3.8, 4) is 0 Å². The second kappa shape index (κ2) is 6.58. The second-order valence-corrected chi connectivity index (χ2v) is 7.25. The summed E-state index contributed by atoms with van der Waals surface area (Å²) < 4.78 is 0. The molecule has 3 heteroatoms. The Balaban J connectivity index is 1.56. The van der Waals surface area contributed by atoms with Crippen LogP contribution in [0.25, 0.3) is 0 Å². The smallest absolute Gasteiger partial charge is 0.0540 e. The number of fused-ring (bicyclic) bond motifs is 1. The van der Waals surface area contributed by atoms with E-state index < -0.39 is 0 Å². The van der Waals surface area contributed by atoms with Crippen LogP contribution in [-0.4, -0.2) is 36.2 Å². The normalized spacial score (nSPS) is 23.7. The maximum Gasteiger partial charge on any atom is 0.0540 e. The lowest BCUT2D eigenvalue weighted by Crippen LogP contribution is -2.48. The Kier molecular flexibility index (Phi) is 4.30. The molecule has 0 aliphatic carbocycles. The van der Waals surface area contributed by atoms with Crippen LogP contribution in [0.2, 0.25) is 0 Å². The first-order valence-electron chi connectivity index (χ1n) is 9.04. The summed E-state index contributed by atoms with van der Waals surface area (Å²) in [7, 11) is 0. The van der Waals surface area contributed by atoms with Gasteiger partial charge in [0.1, 0.15) is 0 Å². The fraction of sp³-hybridized carbons (Fsp3) is 0.429. The number of para-hydroxylation sites is 1. The topological polar surface area (TPSA) is 35.5 Å². The van der Waals surface area contributed by atoms with Gasteiger partial charge >= 0.3 is 0 Å². The molecule has 3 nitrogen and oxygen atoms in total. The summed E-state index contributed by atoms with van der Waals surface area (Å²) in [4.78, 5) is 2.52. The van der Waals surface area contributed by atoms with Crippen molar-refractivity contribution in [2.45, 2.75) is 31.2 Å². The molecule has 4 rings (SSSR count). The lowest BCUT2D eigenvalue weighted by molar-refractivity contribution is 0.0851. The zero-order valence-corrected chi connectivity index (χ0v) is 14.2. The zero-order chi connectivity index (χ0) is 16.4. The van der Waals surface area contributed by atoms with Crippen molar-refractivity contribution in [1.29, 1.82) is 0 Å². The minimum absolute atomic E-state index is 0.120. The minimum atomic E-state index is -0.120. The largest absolute Gasteiger partial charge is 0.395 e. The summed E-state index contributed by atoms with van der Waals surface area (Å²) in [6, 6.07) is 17.2. The number of benzene rings is 2. The quantitative estimate of drug-likeness (QED) is 0.907. The third-order valence-corrected chi connectivity index (χ3v) is 5.67. The van der Waals surface area contributed by atoms with Gasteiger partial charge in [-0.3, -0.25) is 4.90 Å². The molecule has 2 aliphatic rings. The molecule has 1 saturated heterocycles. The van der Waals surface area contributed by atoms with Gasteiger partial charge in [-0.15, -0.1) is 0 Å². The van der Waals surface area contributed by atoms with Crippen LogP contribution in [-0.2, 0) is 18.4 Å². The van der Waals surface area contributed by atoms with E-state index in [4.69, 9.17) is 0 Å². The second-order valence-electron chi connectivity index (χ2n) is 7.25. The maximum absolute atomic E-state index is 10.2. The molecule has 1 unspecified atom stereocenters. The molecule has 0 saturated carbocycles. The van der Waals surface area contributed by atoms with Crippen LogP contribution in [0, 0.1) is 0 Å². The number of rotatable bonds is 4. The number of aliphatic hydroxyl groups excluding tert-OH is 1. The molecule has 0 bridgehead atoms. The number of likely N-dealkylation sites (tertiary alicyclic amines) is 1. The van der Waals surface area contributed by atoms with Crippen molar-refractivity contribution >= 4 is 5.69 Å². The van der Waals surface area contributed by atoms with Crippen molar-refractivity contribution in [2.75, 3.05) is 31.6 Å². The Hall–Kier alpha value is -1.84. The summed E-state index contributed by atoms with van der Waals surface area (Å²) >= 11 is 0. The molecule has 1 fully saturated rings. The molecule has 0 amide bonds. The summed E-state index contributed by atoms with van der Waals surface area (Å²) in [6.45, 7) is 4.27. The number of hydrogen-bond donors (Lipinski definition) is 2. The number of nitrogens with one attached hydrogen (secondary N) is 1. The van der Waals surface area contributed by atoms with Gasteiger partial charge in [0.15, 0.2) is 0 Å². The molecule has 1 atom stereocenters. The van der Waals surface area contributed by atoms with E-state index in [0.29, 0.717) is 0 Å². The Morgan fingerprint density at radius 2 is 1.96 bits per heavy atom. The van der Waals surface area contributed by atoms with Crippen LogP contribution in [0.3, 0.4) is 0 Å². The maximum atomic E-state index is 10.2. The van der Waals surface area contributed by atoms with Crippen LogP contribution in [0.15, 0.2) is 48.5 Å². The van der Waals surface area contributed by atoms with Gasteiger partial charge in [0.25, 0.3) is 0 Å². The highest BCUT2D eigenvalue weighted by atomic mass is 16.3. The fourth-order valence-corrected chi connectivity index (χ4v) is 4.39. The van der Waals surface area contributed by atoms with E-state index in [9.17, 15) is 5.11 Å². The van der Waals surface area contributed by atoms with Gasteiger partial charge in [-0.25, -0.2) is 0 Å². The average molecular weight is 322 g/mol. The van der Waals surface area contributed by atoms with Gasteiger partial charge in [0.2, 0.25) is 0 Å². The third kappa shape index (κ3) is 2.83. The lowest BCUT2D eigenvalue weighted by atomic mass is 9.74. The SMILES string of the molecule is OCC1(c2ccccc2)CCCN(Cc2cccc3c2NCC3)C1. The molecule has 24 heavy (non-hydrogen) atoms. The van der Waals surface area contributed by atoms with Crippen molar-refractivity contribution in [1.82, 2.24) is 4.90 Å². The Morgan fingerprint density at radius 3 is 2.79 bits per heavy atom. The first-order valence-corrected chi connectivity index (χ1v) is 9.04. The molecule has 0 spiro atoms. The van der Waals surface area contributed by atoms with E-state index in [1.165, 1.54) is 22.4 Å². The van der Waals surface area contributed by atoms with E-state index >= 15 is 0 Å². The van der Waals surface area contributed by atoms with Crippen molar-refractivity contribution in [3.63, 3.8) is 0 Å². The van der Waals surface area contributed by atoms with E-state index in [1.807, 2.05) is 6.07 Å². The van der Waals surface area contributed by atoms with E-state index in [-0.39, 0.29) is 12.0 Å². The molecule has 2 aromatic carbocycles. The summed E-state index contributed by atoms with van der Waals surface area (Å²) in [5.74, 6) is 0. The third-order valence-electron chi connectivity index (χ3n) is 5.67. The van der Waals surface area contributed by atoms with Crippen LogP contribution in [0.5, 0.6) is 0 Å². The number of nitrogens with zero attached hydrogens (tertiary/aromatic N) is 1. The molecule has 2 N–H and O–H groups in total. The number of anilines is 1. The van der Waals surface area contributed by atoms with Gasteiger partial charge in [-0.05, 0) is 42.5 Å². The molecule has 0 aromatic heterocycles. The van der Waals surface area contributed by atoms with E-state index in [0.717, 1.165) is 45.4 Å². The molecular weight excluding hydrogens is 296 g/mol. The van der Waals surface area contributed by atoms with Crippen LogP contribution in [0.4, 0.5) is 5.69 Å². The standard InChI is InChI=1S/C21H26N2O/c24-16-21(19-8-2-1-3-9-19)11-5-13-23(15-21)14-18-7-4-6-17-10-12-22-20(17)18/h1-4,6-9,22,24H,5,10-16H2. The molecular formula is C21H26N2O. The van der Waals surface area contributed by atoms with Gasteiger partial charge in [0.05, 0.1) is 6.61 Å². The first-order chi connectivity index (χ1) is 11.8. The van der Waals surface area contributed by atoms with Crippen molar-refractivity contribution in [3.05, 3.63) is 65.2 Å². The molecule has 2 heterocycles.